The van der Waals surface area contributed by atoms with Gasteiger partial charge in [-0.15, -0.1) is 0 Å². The molecule has 0 bridgehead atoms. The summed E-state index contributed by atoms with van der Waals surface area (Å²) >= 11 is 0. The summed E-state index contributed by atoms with van der Waals surface area (Å²) in [5.41, 5.74) is 10.00. The van der Waals surface area contributed by atoms with Gasteiger partial charge in [0.15, 0.2) is 11.6 Å². The number of benzene rings is 1. The second-order valence-corrected chi connectivity index (χ2v) is 6.76. The number of hydrogen-bond donors (Lipinski definition) is 2. The number of primary amides is 1. The summed E-state index contributed by atoms with van der Waals surface area (Å²) in [5.74, 6) is -11.1. The lowest BCUT2D eigenvalue weighted by molar-refractivity contribution is -0.163. The van der Waals surface area contributed by atoms with Gasteiger partial charge in [-0.2, -0.15) is 8.78 Å². The second-order valence-electron chi connectivity index (χ2n) is 6.76. The van der Waals surface area contributed by atoms with Crippen LogP contribution in [-0.4, -0.2) is 41.3 Å². The van der Waals surface area contributed by atoms with E-state index >= 15 is 0 Å². The third kappa shape index (κ3) is 3.02. The minimum absolute atomic E-state index is 0.0288. The van der Waals surface area contributed by atoms with E-state index in [1.807, 2.05) is 0 Å². The van der Waals surface area contributed by atoms with Gasteiger partial charge in [0, 0.05) is 12.6 Å². The predicted octanol–water partition coefficient (Wildman–Crippen LogP) is 0.941. The third-order valence-corrected chi connectivity index (χ3v) is 4.98. The lowest BCUT2D eigenvalue weighted by atomic mass is 9.99. The first-order chi connectivity index (χ1) is 12.0. The monoisotopic (exact) mass is 377 g/mol. The van der Waals surface area contributed by atoms with E-state index in [9.17, 15) is 31.5 Å². The van der Waals surface area contributed by atoms with Crippen LogP contribution in [0.4, 0.5) is 22.0 Å². The van der Waals surface area contributed by atoms with E-state index in [-0.39, 0.29) is 24.4 Å². The summed E-state index contributed by atoms with van der Waals surface area (Å²) in [6.45, 7) is -0.0288. The topological polar surface area (TPSA) is 89.4 Å². The molecule has 1 aliphatic carbocycles. The van der Waals surface area contributed by atoms with Crippen molar-refractivity contribution < 1.29 is 31.5 Å². The first-order valence-electron chi connectivity index (χ1n) is 7.91. The smallest absolute Gasteiger partial charge is 0.339 e. The van der Waals surface area contributed by atoms with Gasteiger partial charge in [-0.3, -0.25) is 9.59 Å². The van der Waals surface area contributed by atoms with Gasteiger partial charge in [-0.05, 0) is 36.3 Å². The van der Waals surface area contributed by atoms with Crippen molar-refractivity contribution in [1.29, 1.82) is 0 Å². The van der Waals surface area contributed by atoms with Crippen molar-refractivity contribution in [3.63, 3.8) is 0 Å². The van der Waals surface area contributed by atoms with Crippen molar-refractivity contribution in [2.75, 3.05) is 6.54 Å². The summed E-state index contributed by atoms with van der Waals surface area (Å²) in [6.07, 6.45) is -0.265. The molecule has 0 spiro atoms. The van der Waals surface area contributed by atoms with Crippen molar-refractivity contribution in [1.82, 2.24) is 4.90 Å². The number of fused-ring (bicyclic) bond motifs is 1. The molecule has 0 aromatic heterocycles. The summed E-state index contributed by atoms with van der Waals surface area (Å²) in [4.78, 5) is 24.4. The molecule has 5 nitrogen and oxygen atoms in total. The van der Waals surface area contributed by atoms with Crippen LogP contribution in [0.2, 0.25) is 0 Å². The van der Waals surface area contributed by atoms with Crippen molar-refractivity contribution in [2.45, 2.75) is 30.8 Å². The molecule has 4 N–H and O–H groups in total. The first-order valence-corrected chi connectivity index (χ1v) is 7.91. The van der Waals surface area contributed by atoms with E-state index in [2.05, 4.69) is 0 Å². The highest BCUT2D eigenvalue weighted by molar-refractivity contribution is 5.91. The molecule has 2 aliphatic rings. The molecule has 4 atom stereocenters. The summed E-state index contributed by atoms with van der Waals surface area (Å²) in [7, 11) is 0. The van der Waals surface area contributed by atoms with Gasteiger partial charge in [0.05, 0.1) is 6.04 Å². The number of piperidine rings is 1. The Morgan fingerprint density at radius 3 is 2.42 bits per heavy atom. The fourth-order valence-electron chi connectivity index (χ4n) is 3.47. The Morgan fingerprint density at radius 1 is 1.19 bits per heavy atom. The van der Waals surface area contributed by atoms with E-state index in [1.165, 1.54) is 0 Å². The molecule has 2 amide bonds. The molecule has 1 saturated carbocycles. The van der Waals surface area contributed by atoms with Crippen molar-refractivity contribution in [3.05, 3.63) is 35.1 Å². The van der Waals surface area contributed by atoms with E-state index in [0.29, 0.717) is 17.4 Å². The number of hydrogen-bond acceptors (Lipinski definition) is 3. The van der Waals surface area contributed by atoms with Crippen LogP contribution in [0.15, 0.2) is 12.1 Å². The average Bonchev–Trinajstić information content (AvgIpc) is 3.20. The molecule has 3 rings (SSSR count). The predicted molar refractivity (Wildman–Crippen MR) is 79.2 cm³/mol. The Labute approximate surface area is 145 Å². The van der Waals surface area contributed by atoms with Crippen LogP contribution in [0.25, 0.3) is 0 Å². The fraction of sp³-hybridized carbons (Fsp3) is 0.500. The van der Waals surface area contributed by atoms with E-state index in [4.69, 9.17) is 11.5 Å². The first kappa shape index (κ1) is 18.6. The molecule has 1 aromatic carbocycles. The van der Waals surface area contributed by atoms with Crippen LogP contribution < -0.4 is 11.5 Å². The third-order valence-electron chi connectivity index (χ3n) is 4.98. The number of nitrogens with two attached hydrogens (primary N) is 2. The fourth-order valence-corrected chi connectivity index (χ4v) is 3.47. The number of rotatable bonds is 5. The van der Waals surface area contributed by atoms with Gasteiger partial charge >= 0.3 is 5.92 Å². The Bertz CT molecular complexity index is 772. The molecular weight excluding hydrogens is 361 g/mol. The Balaban J connectivity index is 1.78. The molecule has 1 heterocycles. The molecule has 10 heteroatoms. The quantitative estimate of drug-likeness (QED) is 0.591. The summed E-state index contributed by atoms with van der Waals surface area (Å²) < 4.78 is 68.7. The van der Waals surface area contributed by atoms with Gasteiger partial charge in [0.25, 0.3) is 5.91 Å². The highest BCUT2D eigenvalue weighted by Crippen LogP contribution is 2.50. The van der Waals surface area contributed by atoms with E-state index < -0.39 is 59.3 Å². The van der Waals surface area contributed by atoms with Gasteiger partial charge in [0.2, 0.25) is 5.91 Å². The Morgan fingerprint density at radius 2 is 1.81 bits per heavy atom. The van der Waals surface area contributed by atoms with Crippen LogP contribution in [-0.2, 0) is 16.0 Å². The number of halogens is 5. The average molecular weight is 377 g/mol. The second kappa shape index (κ2) is 6.19. The molecule has 1 saturated heterocycles. The van der Waals surface area contributed by atoms with Crippen LogP contribution in [0.5, 0.6) is 0 Å². The lowest BCUT2D eigenvalue weighted by Gasteiger charge is -2.31. The standard InChI is InChI=1S/C16H16F5N3O2/c17-9-4-11(19)10(18)2-6(9)3-12(22)16(20,21)15(26)24-5-7-1-8(7)13(24)14(23)25/h2,4,7-8,12-13H,1,3,5,22H2,(H2,23,25)/t7?,8?,12-,13+/m1/s1. The molecule has 0 radical (unpaired) electrons. The highest BCUT2D eigenvalue weighted by Gasteiger charge is 2.60. The van der Waals surface area contributed by atoms with E-state index in [0.717, 1.165) is 0 Å². The Kier molecular flexibility index (Phi) is 4.41. The molecule has 2 fully saturated rings. The molecule has 26 heavy (non-hydrogen) atoms. The number of likely N-dealkylation sites (tertiary alicyclic amines) is 1. The van der Waals surface area contributed by atoms with Crippen LogP contribution in [0, 0.1) is 29.3 Å². The van der Waals surface area contributed by atoms with Gasteiger partial charge in [-0.25, -0.2) is 13.2 Å². The molecule has 2 unspecified atom stereocenters. The number of carbonyl (C=O) groups is 2. The zero-order chi connectivity index (χ0) is 19.4. The van der Waals surface area contributed by atoms with Crippen molar-refractivity contribution in [3.8, 4) is 0 Å². The zero-order valence-electron chi connectivity index (χ0n) is 13.4. The van der Waals surface area contributed by atoms with Gasteiger partial charge in [-0.1, -0.05) is 0 Å². The normalized spacial score (nSPS) is 25.8. The lowest BCUT2D eigenvalue weighted by Crippen LogP contribution is -2.58. The van der Waals surface area contributed by atoms with Crippen LogP contribution in [0.3, 0.4) is 0 Å². The molecule has 1 aliphatic heterocycles. The van der Waals surface area contributed by atoms with Gasteiger partial charge < -0.3 is 16.4 Å². The minimum atomic E-state index is -4.14. The number of amides is 2. The van der Waals surface area contributed by atoms with Gasteiger partial charge in [0.1, 0.15) is 11.9 Å². The van der Waals surface area contributed by atoms with E-state index in [1.54, 1.807) is 0 Å². The number of carbonyl (C=O) groups excluding carboxylic acids is 2. The van der Waals surface area contributed by atoms with Crippen LogP contribution in [0.1, 0.15) is 12.0 Å². The minimum Gasteiger partial charge on any atom is -0.368 e. The largest absolute Gasteiger partial charge is 0.368 e. The molecular formula is C16H16F5N3O2. The summed E-state index contributed by atoms with van der Waals surface area (Å²) in [6, 6.07) is -2.68. The molecule has 142 valence electrons. The maximum absolute atomic E-state index is 14.5. The van der Waals surface area contributed by atoms with Crippen molar-refractivity contribution >= 4 is 11.8 Å². The number of nitrogens with zero attached hydrogens (tertiary/aromatic N) is 1. The maximum atomic E-state index is 14.5. The Hall–Kier alpha value is -2.23. The zero-order valence-corrected chi connectivity index (χ0v) is 13.4. The molecule has 1 aromatic rings. The maximum Gasteiger partial charge on any atom is 0.339 e. The summed E-state index contributed by atoms with van der Waals surface area (Å²) in [5, 5.41) is 0. The highest BCUT2D eigenvalue weighted by atomic mass is 19.3. The SMILES string of the molecule is NC(=O)[C@@H]1C2CC2CN1C(=O)C(F)(F)[C@H](N)Cc1cc(F)c(F)cc1F. The van der Waals surface area contributed by atoms with Crippen LogP contribution >= 0.6 is 0 Å². The van der Waals surface area contributed by atoms with Crippen molar-refractivity contribution in [2.24, 2.45) is 23.3 Å². The number of alkyl halides is 2.